The molecule has 0 aliphatic rings. The number of nitrogens with zero attached hydrogens (tertiary/aromatic N) is 1. The summed E-state index contributed by atoms with van der Waals surface area (Å²) >= 11 is 0. The number of halogens is 1. The standard InChI is InChI=1S/C14H13FN2O2/c1-9-6-7-11(15)13(8-9)19-12-5-3-2-4-10(12)14(16)17-18/h2-8,18H,1H3,(H2,16,17). The predicted octanol–water partition coefficient (Wildman–Crippen LogP) is 3.02. The summed E-state index contributed by atoms with van der Waals surface area (Å²) in [6, 6.07) is 11.2. The summed E-state index contributed by atoms with van der Waals surface area (Å²) < 4.78 is 19.1. The van der Waals surface area contributed by atoms with Crippen LogP contribution in [-0.4, -0.2) is 11.0 Å². The lowest BCUT2D eigenvalue weighted by Crippen LogP contribution is -2.14. The zero-order valence-electron chi connectivity index (χ0n) is 10.3. The summed E-state index contributed by atoms with van der Waals surface area (Å²) in [5.41, 5.74) is 6.81. The molecule has 0 bridgehead atoms. The smallest absolute Gasteiger partial charge is 0.173 e. The Morgan fingerprint density at radius 2 is 1.95 bits per heavy atom. The predicted molar refractivity (Wildman–Crippen MR) is 70.2 cm³/mol. The number of para-hydroxylation sites is 1. The Labute approximate surface area is 109 Å². The molecule has 0 fully saturated rings. The Balaban J connectivity index is 2.41. The fraction of sp³-hybridized carbons (Fsp3) is 0.0714. The monoisotopic (exact) mass is 260 g/mol. The van der Waals surface area contributed by atoms with Crippen LogP contribution in [0.5, 0.6) is 11.5 Å². The van der Waals surface area contributed by atoms with Crippen molar-refractivity contribution in [2.24, 2.45) is 10.9 Å². The Bertz CT molecular complexity index is 627. The first-order valence-electron chi connectivity index (χ1n) is 5.62. The molecule has 0 aliphatic carbocycles. The first-order chi connectivity index (χ1) is 9.11. The third-order valence-electron chi connectivity index (χ3n) is 2.58. The van der Waals surface area contributed by atoms with Gasteiger partial charge < -0.3 is 15.7 Å². The lowest BCUT2D eigenvalue weighted by atomic mass is 10.2. The summed E-state index contributed by atoms with van der Waals surface area (Å²) in [7, 11) is 0. The van der Waals surface area contributed by atoms with Gasteiger partial charge >= 0.3 is 0 Å². The van der Waals surface area contributed by atoms with Crippen LogP contribution in [0.2, 0.25) is 0 Å². The second-order valence-corrected chi connectivity index (χ2v) is 4.02. The first-order valence-corrected chi connectivity index (χ1v) is 5.62. The molecule has 2 rings (SSSR count). The van der Waals surface area contributed by atoms with E-state index in [1.165, 1.54) is 6.07 Å². The maximum Gasteiger partial charge on any atom is 0.173 e. The van der Waals surface area contributed by atoms with E-state index in [1.807, 2.05) is 6.92 Å². The van der Waals surface area contributed by atoms with Crippen molar-refractivity contribution in [3.05, 3.63) is 59.4 Å². The lowest BCUT2D eigenvalue weighted by molar-refractivity contribution is 0.318. The molecular weight excluding hydrogens is 247 g/mol. The fourth-order valence-electron chi connectivity index (χ4n) is 1.63. The summed E-state index contributed by atoms with van der Waals surface area (Å²) in [5.74, 6) is -0.149. The molecule has 0 aliphatic heterocycles. The van der Waals surface area contributed by atoms with Crippen molar-refractivity contribution in [2.75, 3.05) is 0 Å². The number of aryl methyl sites for hydroxylation is 1. The van der Waals surface area contributed by atoms with E-state index in [4.69, 9.17) is 15.7 Å². The van der Waals surface area contributed by atoms with Gasteiger partial charge in [-0.2, -0.15) is 0 Å². The third-order valence-corrected chi connectivity index (χ3v) is 2.58. The molecule has 4 nitrogen and oxygen atoms in total. The largest absolute Gasteiger partial charge is 0.454 e. The SMILES string of the molecule is Cc1ccc(F)c(Oc2ccccc2C(N)=NO)c1. The van der Waals surface area contributed by atoms with Crippen molar-refractivity contribution >= 4 is 5.84 Å². The third kappa shape index (κ3) is 2.82. The molecule has 0 amide bonds. The lowest BCUT2D eigenvalue weighted by Gasteiger charge is -2.11. The van der Waals surface area contributed by atoms with Crippen molar-refractivity contribution in [2.45, 2.75) is 6.92 Å². The second-order valence-electron chi connectivity index (χ2n) is 4.02. The maximum atomic E-state index is 13.6. The molecule has 0 heterocycles. The Kier molecular flexibility index (Phi) is 3.66. The van der Waals surface area contributed by atoms with Crippen LogP contribution in [0.15, 0.2) is 47.6 Å². The first kappa shape index (κ1) is 12.9. The van der Waals surface area contributed by atoms with Crippen LogP contribution in [0.1, 0.15) is 11.1 Å². The van der Waals surface area contributed by atoms with Gasteiger partial charge in [0, 0.05) is 0 Å². The summed E-state index contributed by atoms with van der Waals surface area (Å²) in [6.45, 7) is 1.84. The topological polar surface area (TPSA) is 67.8 Å². The molecule has 98 valence electrons. The van der Waals surface area contributed by atoms with Gasteiger partial charge in [-0.05, 0) is 36.8 Å². The highest BCUT2D eigenvalue weighted by Gasteiger charge is 2.11. The fourth-order valence-corrected chi connectivity index (χ4v) is 1.63. The van der Waals surface area contributed by atoms with Gasteiger partial charge in [0.25, 0.3) is 0 Å². The van der Waals surface area contributed by atoms with E-state index < -0.39 is 5.82 Å². The maximum absolute atomic E-state index is 13.6. The zero-order valence-corrected chi connectivity index (χ0v) is 10.3. The minimum Gasteiger partial charge on any atom is -0.454 e. The number of oxime groups is 1. The van der Waals surface area contributed by atoms with Crippen molar-refractivity contribution in [1.29, 1.82) is 0 Å². The molecule has 19 heavy (non-hydrogen) atoms. The highest BCUT2D eigenvalue weighted by Crippen LogP contribution is 2.28. The van der Waals surface area contributed by atoms with Crippen molar-refractivity contribution in [3.63, 3.8) is 0 Å². The van der Waals surface area contributed by atoms with E-state index in [0.29, 0.717) is 11.3 Å². The number of ether oxygens (including phenoxy) is 1. The number of nitrogens with two attached hydrogens (primary N) is 1. The molecule has 0 atom stereocenters. The van der Waals surface area contributed by atoms with Gasteiger partial charge in [0.05, 0.1) is 5.56 Å². The normalized spacial score (nSPS) is 11.4. The van der Waals surface area contributed by atoms with Gasteiger partial charge in [-0.25, -0.2) is 4.39 Å². The molecule has 2 aromatic carbocycles. The summed E-state index contributed by atoms with van der Waals surface area (Å²) in [6.07, 6.45) is 0. The van der Waals surface area contributed by atoms with Crippen LogP contribution in [0.25, 0.3) is 0 Å². The van der Waals surface area contributed by atoms with Gasteiger partial charge in [0.1, 0.15) is 5.75 Å². The van der Waals surface area contributed by atoms with Gasteiger partial charge in [-0.15, -0.1) is 0 Å². The van der Waals surface area contributed by atoms with Crippen LogP contribution in [0, 0.1) is 12.7 Å². The van der Waals surface area contributed by atoms with E-state index in [9.17, 15) is 4.39 Å². The number of hydrogen-bond acceptors (Lipinski definition) is 3. The van der Waals surface area contributed by atoms with Gasteiger partial charge in [-0.1, -0.05) is 23.4 Å². The van der Waals surface area contributed by atoms with Crippen LogP contribution in [0.3, 0.4) is 0 Å². The van der Waals surface area contributed by atoms with E-state index in [0.717, 1.165) is 5.56 Å². The molecule has 0 radical (unpaired) electrons. The minimum absolute atomic E-state index is 0.0938. The molecule has 3 N–H and O–H groups in total. The minimum atomic E-state index is -0.472. The van der Waals surface area contributed by atoms with Crippen molar-refractivity contribution in [1.82, 2.24) is 0 Å². The van der Waals surface area contributed by atoms with E-state index in [2.05, 4.69) is 5.16 Å². The van der Waals surface area contributed by atoms with Crippen molar-refractivity contribution < 1.29 is 14.3 Å². The quantitative estimate of drug-likeness (QED) is 0.386. The Morgan fingerprint density at radius 3 is 2.68 bits per heavy atom. The van der Waals surface area contributed by atoms with Crippen LogP contribution < -0.4 is 10.5 Å². The number of amidine groups is 1. The van der Waals surface area contributed by atoms with Crippen LogP contribution in [-0.2, 0) is 0 Å². The average molecular weight is 260 g/mol. The molecule has 0 saturated carbocycles. The molecule has 0 spiro atoms. The average Bonchev–Trinajstić information content (AvgIpc) is 2.42. The van der Waals surface area contributed by atoms with Gasteiger partial charge in [-0.3, -0.25) is 0 Å². The van der Waals surface area contributed by atoms with E-state index in [1.54, 1.807) is 36.4 Å². The summed E-state index contributed by atoms with van der Waals surface area (Å²) in [4.78, 5) is 0. The van der Waals surface area contributed by atoms with Gasteiger partial charge in [0.2, 0.25) is 0 Å². The highest BCUT2D eigenvalue weighted by molar-refractivity contribution is 5.99. The number of rotatable bonds is 3. The Morgan fingerprint density at radius 1 is 1.21 bits per heavy atom. The van der Waals surface area contributed by atoms with Crippen LogP contribution in [0.4, 0.5) is 4.39 Å². The molecule has 0 saturated heterocycles. The van der Waals surface area contributed by atoms with Gasteiger partial charge in [0.15, 0.2) is 17.4 Å². The Hall–Kier alpha value is -2.56. The molecule has 0 unspecified atom stereocenters. The number of benzene rings is 2. The van der Waals surface area contributed by atoms with E-state index in [-0.39, 0.29) is 11.6 Å². The van der Waals surface area contributed by atoms with Crippen molar-refractivity contribution in [3.8, 4) is 11.5 Å². The zero-order chi connectivity index (χ0) is 13.8. The van der Waals surface area contributed by atoms with E-state index >= 15 is 0 Å². The highest BCUT2D eigenvalue weighted by atomic mass is 19.1. The molecule has 5 heteroatoms. The van der Waals surface area contributed by atoms with Crippen LogP contribution >= 0.6 is 0 Å². The summed E-state index contributed by atoms with van der Waals surface area (Å²) in [5, 5.41) is 11.6. The second kappa shape index (κ2) is 5.39. The number of hydrogen-bond donors (Lipinski definition) is 2. The molecule has 2 aromatic rings. The molecule has 0 aromatic heterocycles. The molecular formula is C14H13FN2O2.